The van der Waals surface area contributed by atoms with E-state index in [4.69, 9.17) is 27.9 Å². The molecule has 1 heterocycles. The van der Waals surface area contributed by atoms with Crippen molar-refractivity contribution < 1.29 is 14.3 Å². The molecule has 4 nitrogen and oxygen atoms in total. The second kappa shape index (κ2) is 6.67. The molecule has 1 aromatic carbocycles. The van der Waals surface area contributed by atoms with Crippen LogP contribution >= 0.6 is 23.2 Å². The van der Waals surface area contributed by atoms with Gasteiger partial charge in [-0.1, -0.05) is 30.1 Å². The number of carbonyl (C=O) groups excluding carboxylic acids is 2. The summed E-state index contributed by atoms with van der Waals surface area (Å²) >= 11 is 11.8. The van der Waals surface area contributed by atoms with Crippen molar-refractivity contribution in [2.45, 2.75) is 32.8 Å². The Kier molecular flexibility index (Phi) is 5.12. The van der Waals surface area contributed by atoms with Gasteiger partial charge in [-0.15, -0.1) is 0 Å². The van der Waals surface area contributed by atoms with Gasteiger partial charge in [0, 0.05) is 10.9 Å². The van der Waals surface area contributed by atoms with Crippen molar-refractivity contribution >= 4 is 40.8 Å². The van der Waals surface area contributed by atoms with Gasteiger partial charge in [0.25, 0.3) is 0 Å². The third-order valence-corrected chi connectivity index (χ3v) is 4.09. The molecule has 0 radical (unpaired) electrons. The van der Waals surface area contributed by atoms with Crippen LogP contribution in [0, 0.1) is 11.8 Å². The lowest BCUT2D eigenvalue weighted by Crippen LogP contribution is -2.24. The summed E-state index contributed by atoms with van der Waals surface area (Å²) < 4.78 is 5.10. The van der Waals surface area contributed by atoms with Gasteiger partial charge >= 0.3 is 5.97 Å². The van der Waals surface area contributed by atoms with Crippen LogP contribution in [0.25, 0.3) is 0 Å². The summed E-state index contributed by atoms with van der Waals surface area (Å²) in [6.07, 6.45) is 1.07. The molecule has 0 aromatic heterocycles. The van der Waals surface area contributed by atoms with Crippen molar-refractivity contribution in [1.82, 2.24) is 0 Å². The molecule has 2 rings (SSSR count). The summed E-state index contributed by atoms with van der Waals surface area (Å²) in [6, 6.07) is 4.88. The summed E-state index contributed by atoms with van der Waals surface area (Å²) in [5.74, 6) is -0.903. The molecule has 1 N–H and O–H groups in total. The first-order valence-electron chi connectivity index (χ1n) is 6.83. The second-order valence-electron chi connectivity index (χ2n) is 5.43. The highest BCUT2D eigenvalue weighted by Crippen LogP contribution is 2.29. The first-order valence-corrected chi connectivity index (χ1v) is 7.59. The first-order chi connectivity index (χ1) is 9.86. The van der Waals surface area contributed by atoms with Crippen LogP contribution in [0.1, 0.15) is 26.7 Å². The molecule has 1 saturated heterocycles. The van der Waals surface area contributed by atoms with Crippen LogP contribution in [-0.2, 0) is 14.3 Å². The highest BCUT2D eigenvalue weighted by Gasteiger charge is 2.34. The van der Waals surface area contributed by atoms with Gasteiger partial charge in [0.1, 0.15) is 0 Å². The van der Waals surface area contributed by atoms with E-state index in [9.17, 15) is 9.59 Å². The van der Waals surface area contributed by atoms with E-state index in [1.807, 2.05) is 6.92 Å². The third-order valence-electron chi connectivity index (χ3n) is 3.54. The minimum Gasteiger partial charge on any atom is -0.462 e. The molecule has 114 valence electrons. The average molecular weight is 330 g/mol. The van der Waals surface area contributed by atoms with Crippen molar-refractivity contribution in [3.63, 3.8) is 0 Å². The fourth-order valence-electron chi connectivity index (χ4n) is 2.41. The molecule has 0 unspecified atom stereocenters. The number of ether oxygens (including phenoxy) is 1. The average Bonchev–Trinajstić information content (AvgIpc) is 2.71. The summed E-state index contributed by atoms with van der Waals surface area (Å²) in [5, 5.41) is 3.65. The predicted molar refractivity (Wildman–Crippen MR) is 82.5 cm³/mol. The molecule has 6 heteroatoms. The van der Waals surface area contributed by atoms with E-state index in [0.29, 0.717) is 28.6 Å². The quantitative estimate of drug-likeness (QED) is 0.852. The number of anilines is 1. The zero-order chi connectivity index (χ0) is 15.6. The van der Waals surface area contributed by atoms with E-state index in [1.54, 1.807) is 25.1 Å². The molecule has 1 aliphatic heterocycles. The van der Waals surface area contributed by atoms with E-state index in [2.05, 4.69) is 5.32 Å². The van der Waals surface area contributed by atoms with E-state index >= 15 is 0 Å². The van der Waals surface area contributed by atoms with Crippen molar-refractivity contribution in [3.05, 3.63) is 28.2 Å². The van der Waals surface area contributed by atoms with E-state index in [0.717, 1.165) is 0 Å². The summed E-state index contributed by atoms with van der Waals surface area (Å²) in [6.45, 7) is 3.64. The lowest BCUT2D eigenvalue weighted by molar-refractivity contribution is -0.144. The molecule has 0 saturated carbocycles. The monoisotopic (exact) mass is 329 g/mol. The summed E-state index contributed by atoms with van der Waals surface area (Å²) in [5.41, 5.74) is 0.514. The molecule has 21 heavy (non-hydrogen) atoms. The molecule has 0 aliphatic carbocycles. The maximum atomic E-state index is 12.2. The number of cyclic esters (lactones) is 1. The van der Waals surface area contributed by atoms with E-state index in [-0.39, 0.29) is 29.8 Å². The molecule has 3 atom stereocenters. The fourth-order valence-corrected chi connectivity index (χ4v) is 2.87. The predicted octanol–water partition coefficient (Wildman–Crippen LogP) is 3.91. The zero-order valence-electron chi connectivity index (χ0n) is 11.9. The van der Waals surface area contributed by atoms with E-state index < -0.39 is 0 Å². The normalized spacial score (nSPS) is 22.8. The Hall–Kier alpha value is -1.26. The maximum absolute atomic E-state index is 12.2. The van der Waals surface area contributed by atoms with Gasteiger partial charge in [-0.25, -0.2) is 0 Å². The number of halogens is 2. The van der Waals surface area contributed by atoms with Gasteiger partial charge < -0.3 is 10.1 Å². The van der Waals surface area contributed by atoms with E-state index in [1.165, 1.54) is 0 Å². The number of carbonyl (C=O) groups is 2. The second-order valence-corrected chi connectivity index (χ2v) is 6.27. The molecule has 1 fully saturated rings. The van der Waals surface area contributed by atoms with Crippen LogP contribution in [0.2, 0.25) is 10.0 Å². The Balaban J connectivity index is 1.95. The standard InChI is InChI=1S/C15H17Cl2NO3/c1-8(5-10-6-9(2)21-15(10)20)14(19)18-13-4-3-11(16)7-12(13)17/h3-4,7-10H,5-6H2,1-2H3,(H,18,19)/t8-,9-,10+/m1/s1. The molecular formula is C15H17Cl2NO3. The maximum Gasteiger partial charge on any atom is 0.309 e. The lowest BCUT2D eigenvalue weighted by atomic mass is 9.93. The van der Waals surface area contributed by atoms with Gasteiger partial charge in [-0.3, -0.25) is 9.59 Å². The molecule has 1 aliphatic rings. The van der Waals surface area contributed by atoms with Gasteiger partial charge in [0.05, 0.1) is 22.7 Å². The topological polar surface area (TPSA) is 55.4 Å². The molecule has 1 amide bonds. The Morgan fingerprint density at radius 3 is 2.76 bits per heavy atom. The highest BCUT2D eigenvalue weighted by molar-refractivity contribution is 6.36. The minimum absolute atomic E-state index is 0.0662. The number of nitrogens with one attached hydrogen (secondary N) is 1. The summed E-state index contributed by atoms with van der Waals surface area (Å²) in [4.78, 5) is 23.8. The Morgan fingerprint density at radius 2 is 2.19 bits per heavy atom. The number of rotatable bonds is 4. The van der Waals surface area contributed by atoms with Crippen molar-refractivity contribution in [2.75, 3.05) is 5.32 Å². The molecule has 0 bridgehead atoms. The first kappa shape index (κ1) is 16.1. The smallest absolute Gasteiger partial charge is 0.309 e. The number of hydrogen-bond acceptors (Lipinski definition) is 3. The molecule has 1 aromatic rings. The number of amides is 1. The Bertz CT molecular complexity index is 562. The molecule has 0 spiro atoms. The third kappa shape index (κ3) is 4.11. The largest absolute Gasteiger partial charge is 0.462 e. The lowest BCUT2D eigenvalue weighted by Gasteiger charge is -2.15. The Morgan fingerprint density at radius 1 is 1.48 bits per heavy atom. The molecular weight excluding hydrogens is 313 g/mol. The van der Waals surface area contributed by atoms with Crippen LogP contribution in [-0.4, -0.2) is 18.0 Å². The van der Waals surface area contributed by atoms with Crippen LogP contribution in [0.15, 0.2) is 18.2 Å². The van der Waals surface area contributed by atoms with Crippen LogP contribution in [0.4, 0.5) is 5.69 Å². The van der Waals surface area contributed by atoms with Crippen LogP contribution in [0.3, 0.4) is 0 Å². The Labute approximate surface area is 133 Å². The summed E-state index contributed by atoms with van der Waals surface area (Å²) in [7, 11) is 0. The number of esters is 1. The van der Waals surface area contributed by atoms with Gasteiger partial charge in [0.15, 0.2) is 0 Å². The van der Waals surface area contributed by atoms with Crippen LogP contribution in [0.5, 0.6) is 0 Å². The highest BCUT2D eigenvalue weighted by atomic mass is 35.5. The SMILES string of the molecule is C[C@@H]1C[C@H](C[C@@H](C)C(=O)Nc2ccc(Cl)cc2Cl)C(=O)O1. The zero-order valence-corrected chi connectivity index (χ0v) is 13.4. The number of benzene rings is 1. The minimum atomic E-state index is -0.306. The van der Waals surface area contributed by atoms with Crippen LogP contribution < -0.4 is 5.32 Å². The van der Waals surface area contributed by atoms with Gasteiger partial charge in [-0.2, -0.15) is 0 Å². The van der Waals surface area contributed by atoms with Crippen molar-refractivity contribution in [3.8, 4) is 0 Å². The number of hydrogen-bond donors (Lipinski definition) is 1. The van der Waals surface area contributed by atoms with Gasteiger partial charge in [0.2, 0.25) is 5.91 Å². The van der Waals surface area contributed by atoms with Gasteiger partial charge in [-0.05, 0) is 38.0 Å². The van der Waals surface area contributed by atoms with Crippen molar-refractivity contribution in [2.24, 2.45) is 11.8 Å². The fraction of sp³-hybridized carbons (Fsp3) is 0.467. The van der Waals surface area contributed by atoms with Crippen molar-refractivity contribution in [1.29, 1.82) is 0 Å².